The van der Waals surface area contributed by atoms with Crippen LogP contribution in [0.5, 0.6) is 0 Å². The molecule has 0 saturated carbocycles. The summed E-state index contributed by atoms with van der Waals surface area (Å²) >= 11 is 0. The largest absolute Gasteiger partial charge is 0.456 e. The van der Waals surface area contributed by atoms with Crippen LogP contribution in [0.3, 0.4) is 0 Å². The fraction of sp³-hybridized carbons (Fsp3) is 0. The van der Waals surface area contributed by atoms with E-state index in [1.807, 2.05) is 30.3 Å². The maximum absolute atomic E-state index is 6.52. The molecule has 0 saturated heterocycles. The summed E-state index contributed by atoms with van der Waals surface area (Å²) in [6.07, 6.45) is 0. The molecule has 304 valence electrons. The fourth-order valence-electron chi connectivity index (χ4n) is 9.08. The number of benzene rings is 10. The van der Waals surface area contributed by atoms with E-state index in [2.05, 4.69) is 206 Å². The predicted molar refractivity (Wildman–Crippen MR) is 268 cm³/mol. The van der Waals surface area contributed by atoms with Crippen LogP contribution in [0.25, 0.3) is 123 Å². The monoisotopic (exact) mass is 829 g/mol. The minimum atomic E-state index is 0.575. The SMILES string of the molecule is c1ccc(-c2ccc(-c3cc(-c4ccccc4)cc(-c4cc(-c5ccccc5)cc(-c5nc(-c6ccccc6)nc(-c6cc7oc8ccccc8c7c7ccccc67)n5)c4)c3)cc2)cc1. The smallest absolute Gasteiger partial charge is 0.164 e. The van der Waals surface area contributed by atoms with E-state index in [0.29, 0.717) is 17.5 Å². The molecule has 2 heterocycles. The summed E-state index contributed by atoms with van der Waals surface area (Å²) in [5.41, 5.74) is 15.6. The van der Waals surface area contributed by atoms with Gasteiger partial charge in [0.25, 0.3) is 0 Å². The molecule has 0 aliphatic rings. The number of furan rings is 1. The highest BCUT2D eigenvalue weighted by atomic mass is 16.3. The molecule has 0 fully saturated rings. The molecule has 0 radical (unpaired) electrons. The van der Waals surface area contributed by atoms with Gasteiger partial charge in [-0.2, -0.15) is 0 Å². The molecule has 4 nitrogen and oxygen atoms in total. The van der Waals surface area contributed by atoms with Crippen molar-refractivity contribution in [1.29, 1.82) is 0 Å². The van der Waals surface area contributed by atoms with Crippen LogP contribution in [-0.2, 0) is 0 Å². The van der Waals surface area contributed by atoms with Crippen molar-refractivity contribution in [2.75, 3.05) is 0 Å². The molecule has 0 N–H and O–H groups in total. The average Bonchev–Trinajstić information content (AvgIpc) is 3.78. The van der Waals surface area contributed by atoms with Crippen LogP contribution in [0.15, 0.2) is 241 Å². The summed E-state index contributed by atoms with van der Waals surface area (Å²) in [5.74, 6) is 1.75. The normalized spacial score (nSPS) is 11.4. The van der Waals surface area contributed by atoms with E-state index < -0.39 is 0 Å². The van der Waals surface area contributed by atoms with Crippen molar-refractivity contribution < 1.29 is 4.42 Å². The fourth-order valence-corrected chi connectivity index (χ4v) is 9.08. The lowest BCUT2D eigenvalue weighted by Gasteiger charge is -2.15. The van der Waals surface area contributed by atoms with E-state index in [1.54, 1.807) is 0 Å². The first-order valence-corrected chi connectivity index (χ1v) is 21.9. The number of hydrogen-bond donors (Lipinski definition) is 0. The van der Waals surface area contributed by atoms with Gasteiger partial charge in [0, 0.05) is 27.5 Å². The van der Waals surface area contributed by atoms with Crippen molar-refractivity contribution in [3.05, 3.63) is 237 Å². The zero-order valence-electron chi connectivity index (χ0n) is 35.3. The first-order chi connectivity index (χ1) is 32.2. The van der Waals surface area contributed by atoms with Crippen LogP contribution < -0.4 is 0 Å². The summed E-state index contributed by atoms with van der Waals surface area (Å²) in [4.78, 5) is 15.9. The molecule has 2 aromatic heterocycles. The zero-order valence-corrected chi connectivity index (χ0v) is 35.3. The summed E-state index contributed by atoms with van der Waals surface area (Å²) in [6, 6.07) is 83.2. The summed E-state index contributed by atoms with van der Waals surface area (Å²) in [6.45, 7) is 0. The van der Waals surface area contributed by atoms with E-state index in [-0.39, 0.29) is 0 Å². The van der Waals surface area contributed by atoms with Crippen LogP contribution in [0.1, 0.15) is 0 Å². The Labute approximate surface area is 376 Å². The minimum Gasteiger partial charge on any atom is -0.456 e. The molecule has 0 spiro atoms. The first-order valence-electron chi connectivity index (χ1n) is 21.9. The highest BCUT2D eigenvalue weighted by Gasteiger charge is 2.20. The van der Waals surface area contributed by atoms with Gasteiger partial charge in [-0.1, -0.05) is 188 Å². The molecule has 0 bridgehead atoms. The van der Waals surface area contributed by atoms with Crippen molar-refractivity contribution in [2.45, 2.75) is 0 Å². The predicted octanol–water partition coefficient (Wildman–Crippen LogP) is 16.3. The zero-order chi connectivity index (χ0) is 43.1. The van der Waals surface area contributed by atoms with Crippen molar-refractivity contribution in [3.63, 3.8) is 0 Å². The Morgan fingerprint density at radius 3 is 1.12 bits per heavy atom. The molecule has 0 aliphatic carbocycles. The van der Waals surface area contributed by atoms with E-state index in [1.165, 1.54) is 11.1 Å². The second kappa shape index (κ2) is 16.2. The van der Waals surface area contributed by atoms with Crippen molar-refractivity contribution in [3.8, 4) is 89.8 Å². The topological polar surface area (TPSA) is 51.8 Å². The van der Waals surface area contributed by atoms with E-state index in [4.69, 9.17) is 19.4 Å². The van der Waals surface area contributed by atoms with Gasteiger partial charge in [-0.05, 0) is 115 Å². The van der Waals surface area contributed by atoms with E-state index in [0.717, 1.165) is 93.9 Å². The Hall–Kier alpha value is -8.73. The Morgan fingerprint density at radius 1 is 0.231 bits per heavy atom. The van der Waals surface area contributed by atoms with Crippen LogP contribution in [0.2, 0.25) is 0 Å². The molecule has 12 aromatic rings. The second-order valence-electron chi connectivity index (χ2n) is 16.4. The molecular weight excluding hydrogens is 791 g/mol. The van der Waals surface area contributed by atoms with E-state index in [9.17, 15) is 0 Å². The highest BCUT2D eigenvalue weighted by Crippen LogP contribution is 2.41. The molecule has 10 aromatic carbocycles. The van der Waals surface area contributed by atoms with Crippen molar-refractivity contribution in [1.82, 2.24) is 15.0 Å². The lowest BCUT2D eigenvalue weighted by molar-refractivity contribution is 0.669. The standard InChI is InChI=1S/C61H39N3O/c1-5-17-40(18-6-1)43-29-31-44(32-30-43)47-33-46(41-19-7-2-8-20-41)34-49(35-47)50-36-48(42-21-9-3-10-22-42)37-51(38-50)60-62-59(45-23-11-4-12-24-45)63-61(64-60)55-39-57-58(53-26-14-13-25-52(53)55)54-27-15-16-28-56(54)65-57/h1-39H. The number of nitrogens with zero attached hydrogens (tertiary/aromatic N) is 3. The third-order valence-electron chi connectivity index (χ3n) is 12.3. The molecule has 0 unspecified atom stereocenters. The van der Waals surface area contributed by atoms with Crippen LogP contribution in [0, 0.1) is 0 Å². The highest BCUT2D eigenvalue weighted by molar-refractivity contribution is 6.21. The van der Waals surface area contributed by atoms with Gasteiger partial charge in [-0.15, -0.1) is 0 Å². The van der Waals surface area contributed by atoms with Gasteiger partial charge in [0.1, 0.15) is 11.2 Å². The number of rotatable bonds is 8. The number of fused-ring (bicyclic) bond motifs is 5. The Bertz CT molecular complexity index is 3680. The first kappa shape index (κ1) is 38.0. The Balaban J connectivity index is 1.07. The van der Waals surface area contributed by atoms with Gasteiger partial charge in [0.2, 0.25) is 0 Å². The van der Waals surface area contributed by atoms with Gasteiger partial charge in [-0.25, -0.2) is 15.0 Å². The number of aromatic nitrogens is 3. The quantitative estimate of drug-likeness (QED) is 0.153. The molecule has 0 amide bonds. The molecule has 4 heteroatoms. The average molecular weight is 830 g/mol. The third-order valence-corrected chi connectivity index (χ3v) is 12.3. The molecule has 0 aliphatic heterocycles. The summed E-state index contributed by atoms with van der Waals surface area (Å²) < 4.78 is 6.52. The van der Waals surface area contributed by atoms with Crippen molar-refractivity contribution in [2.24, 2.45) is 0 Å². The molecule has 0 atom stereocenters. The van der Waals surface area contributed by atoms with Crippen molar-refractivity contribution >= 4 is 32.7 Å². The second-order valence-corrected chi connectivity index (χ2v) is 16.4. The van der Waals surface area contributed by atoms with Gasteiger partial charge in [0.15, 0.2) is 17.5 Å². The minimum absolute atomic E-state index is 0.575. The Kier molecular flexibility index (Phi) is 9.46. The van der Waals surface area contributed by atoms with Gasteiger partial charge < -0.3 is 4.42 Å². The molecular formula is C61H39N3O. The lowest BCUT2D eigenvalue weighted by Crippen LogP contribution is -2.01. The van der Waals surface area contributed by atoms with Crippen LogP contribution in [0.4, 0.5) is 0 Å². The molecule has 12 rings (SSSR count). The number of hydrogen-bond acceptors (Lipinski definition) is 4. The summed E-state index contributed by atoms with van der Waals surface area (Å²) in [7, 11) is 0. The maximum atomic E-state index is 6.52. The van der Waals surface area contributed by atoms with E-state index >= 15 is 0 Å². The Morgan fingerprint density at radius 2 is 0.585 bits per heavy atom. The number of para-hydroxylation sites is 1. The van der Waals surface area contributed by atoms with Crippen LogP contribution in [-0.4, -0.2) is 15.0 Å². The lowest BCUT2D eigenvalue weighted by atomic mass is 9.90. The summed E-state index contributed by atoms with van der Waals surface area (Å²) in [5, 5.41) is 4.30. The molecule has 65 heavy (non-hydrogen) atoms. The maximum Gasteiger partial charge on any atom is 0.164 e. The van der Waals surface area contributed by atoms with Crippen LogP contribution >= 0.6 is 0 Å². The van der Waals surface area contributed by atoms with Gasteiger partial charge in [-0.3, -0.25) is 0 Å². The third kappa shape index (κ3) is 7.23. The van der Waals surface area contributed by atoms with Gasteiger partial charge >= 0.3 is 0 Å². The van der Waals surface area contributed by atoms with Gasteiger partial charge in [0.05, 0.1) is 0 Å².